The van der Waals surface area contributed by atoms with Crippen molar-refractivity contribution in [2.45, 2.75) is 18.9 Å². The normalized spacial score (nSPS) is 12.4. The molecule has 0 saturated carbocycles. The van der Waals surface area contributed by atoms with Gasteiger partial charge in [-0.3, -0.25) is 0 Å². The summed E-state index contributed by atoms with van der Waals surface area (Å²) >= 11 is 15.5. The molecule has 2 aromatic carbocycles. The van der Waals surface area contributed by atoms with E-state index in [0.717, 1.165) is 10.0 Å². The van der Waals surface area contributed by atoms with Crippen LogP contribution in [0.1, 0.15) is 11.1 Å². The highest BCUT2D eigenvalue weighted by molar-refractivity contribution is 9.10. The zero-order valence-electron chi connectivity index (χ0n) is 10.5. The average molecular weight is 377 g/mol. The molecular weight excluding hydrogens is 364 g/mol. The zero-order chi connectivity index (χ0) is 14.7. The van der Waals surface area contributed by atoms with Gasteiger partial charge in [0.25, 0.3) is 0 Å². The van der Waals surface area contributed by atoms with Crippen LogP contribution in [0.2, 0.25) is 10.0 Å². The van der Waals surface area contributed by atoms with Gasteiger partial charge in [0.2, 0.25) is 0 Å². The topological polar surface area (TPSA) is 26.0 Å². The summed E-state index contributed by atoms with van der Waals surface area (Å²) in [5.41, 5.74) is 7.48. The Bertz CT molecular complexity index is 599. The third-order valence-electron chi connectivity index (χ3n) is 3.03. The summed E-state index contributed by atoms with van der Waals surface area (Å²) in [6.45, 7) is 0. The van der Waals surface area contributed by atoms with Crippen LogP contribution in [0.3, 0.4) is 0 Å². The van der Waals surface area contributed by atoms with E-state index in [0.29, 0.717) is 28.5 Å². The molecule has 106 valence electrons. The minimum Gasteiger partial charge on any atom is -0.327 e. The fourth-order valence-electron chi connectivity index (χ4n) is 2.03. The molecule has 0 fully saturated rings. The molecule has 0 saturated heterocycles. The van der Waals surface area contributed by atoms with Crippen LogP contribution in [0.4, 0.5) is 4.39 Å². The summed E-state index contributed by atoms with van der Waals surface area (Å²) in [4.78, 5) is 0. The second kappa shape index (κ2) is 6.90. The molecular formula is C15H13BrCl2FN. The molecule has 0 aliphatic rings. The van der Waals surface area contributed by atoms with Gasteiger partial charge in [-0.05, 0) is 42.7 Å². The van der Waals surface area contributed by atoms with E-state index in [1.807, 2.05) is 18.2 Å². The van der Waals surface area contributed by atoms with Gasteiger partial charge in [0.15, 0.2) is 0 Å². The fraction of sp³-hybridized carbons (Fsp3) is 0.200. The van der Waals surface area contributed by atoms with Crippen LogP contribution in [0.15, 0.2) is 40.9 Å². The maximum Gasteiger partial charge on any atom is 0.127 e. The van der Waals surface area contributed by atoms with Crippen molar-refractivity contribution in [3.05, 3.63) is 67.9 Å². The smallest absolute Gasteiger partial charge is 0.127 e. The lowest BCUT2D eigenvalue weighted by Gasteiger charge is -2.14. The number of halogens is 4. The Morgan fingerprint density at radius 3 is 2.50 bits per heavy atom. The number of hydrogen-bond acceptors (Lipinski definition) is 1. The number of nitrogens with two attached hydrogens (primary N) is 1. The van der Waals surface area contributed by atoms with Gasteiger partial charge in [0.1, 0.15) is 5.82 Å². The van der Waals surface area contributed by atoms with Crippen molar-refractivity contribution in [3.63, 3.8) is 0 Å². The Balaban J connectivity index is 2.11. The lowest BCUT2D eigenvalue weighted by molar-refractivity contribution is 0.584. The van der Waals surface area contributed by atoms with Crippen molar-refractivity contribution in [3.8, 4) is 0 Å². The van der Waals surface area contributed by atoms with Crippen LogP contribution in [0, 0.1) is 5.82 Å². The molecule has 0 aliphatic carbocycles. The van der Waals surface area contributed by atoms with Crippen LogP contribution >= 0.6 is 39.1 Å². The van der Waals surface area contributed by atoms with Crippen LogP contribution in [0.25, 0.3) is 0 Å². The van der Waals surface area contributed by atoms with E-state index in [1.54, 1.807) is 12.1 Å². The van der Waals surface area contributed by atoms with Crippen molar-refractivity contribution in [1.29, 1.82) is 0 Å². The summed E-state index contributed by atoms with van der Waals surface area (Å²) < 4.78 is 14.6. The second-order valence-corrected chi connectivity index (χ2v) is 6.33. The van der Waals surface area contributed by atoms with E-state index in [2.05, 4.69) is 15.9 Å². The Kier molecular flexibility index (Phi) is 5.44. The molecule has 2 rings (SSSR count). The number of benzene rings is 2. The minimum absolute atomic E-state index is 0.247. The van der Waals surface area contributed by atoms with Crippen molar-refractivity contribution >= 4 is 39.1 Å². The Hall–Kier alpha value is -0.610. The highest BCUT2D eigenvalue weighted by atomic mass is 79.9. The molecule has 1 atom stereocenters. The Morgan fingerprint density at radius 1 is 1.10 bits per heavy atom. The van der Waals surface area contributed by atoms with Gasteiger partial charge < -0.3 is 5.73 Å². The average Bonchev–Trinajstić information content (AvgIpc) is 2.37. The Morgan fingerprint density at radius 2 is 1.85 bits per heavy atom. The molecule has 0 bridgehead atoms. The summed E-state index contributed by atoms with van der Waals surface area (Å²) in [6.07, 6.45) is 0.939. The number of rotatable bonds is 4. The van der Waals surface area contributed by atoms with Crippen LogP contribution in [-0.2, 0) is 12.8 Å². The van der Waals surface area contributed by atoms with E-state index in [4.69, 9.17) is 28.9 Å². The molecule has 1 nitrogen and oxygen atoms in total. The first kappa shape index (κ1) is 15.8. The Labute approximate surface area is 136 Å². The van der Waals surface area contributed by atoms with Gasteiger partial charge in [0, 0.05) is 26.1 Å². The zero-order valence-corrected chi connectivity index (χ0v) is 13.6. The molecule has 0 aliphatic heterocycles. The standard InChI is InChI=1S/C15H13BrCl2FN/c16-10-5-4-9(14(18)7-10)6-11(20)8-12-13(17)2-1-3-15(12)19/h1-5,7,11H,6,8,20H2. The monoisotopic (exact) mass is 375 g/mol. The molecule has 0 spiro atoms. The molecule has 2 N–H and O–H groups in total. The fourth-order valence-corrected chi connectivity index (χ4v) is 3.02. The molecule has 1 unspecified atom stereocenters. The van der Waals surface area contributed by atoms with E-state index in [-0.39, 0.29) is 11.9 Å². The quantitative estimate of drug-likeness (QED) is 0.797. The van der Waals surface area contributed by atoms with Crippen LogP contribution in [-0.4, -0.2) is 6.04 Å². The predicted octanol–water partition coefficient (Wildman–Crippen LogP) is 5.01. The molecule has 20 heavy (non-hydrogen) atoms. The van der Waals surface area contributed by atoms with Gasteiger partial charge in [0.05, 0.1) is 0 Å². The van der Waals surface area contributed by atoms with Crippen LogP contribution in [0.5, 0.6) is 0 Å². The third-order valence-corrected chi connectivity index (χ3v) is 4.22. The summed E-state index contributed by atoms with van der Waals surface area (Å²) in [6, 6.07) is 10.0. The van der Waals surface area contributed by atoms with Crippen molar-refractivity contribution < 1.29 is 4.39 Å². The lowest BCUT2D eigenvalue weighted by atomic mass is 9.99. The van der Waals surface area contributed by atoms with Crippen molar-refractivity contribution in [2.24, 2.45) is 5.73 Å². The van der Waals surface area contributed by atoms with Gasteiger partial charge in [-0.2, -0.15) is 0 Å². The second-order valence-electron chi connectivity index (χ2n) is 4.60. The predicted molar refractivity (Wildman–Crippen MR) is 85.9 cm³/mol. The summed E-state index contributed by atoms with van der Waals surface area (Å²) in [7, 11) is 0. The largest absolute Gasteiger partial charge is 0.327 e. The first-order chi connectivity index (χ1) is 9.47. The maximum absolute atomic E-state index is 13.7. The van der Waals surface area contributed by atoms with Crippen molar-refractivity contribution in [2.75, 3.05) is 0 Å². The highest BCUT2D eigenvalue weighted by Crippen LogP contribution is 2.24. The molecule has 0 radical (unpaired) electrons. The lowest BCUT2D eigenvalue weighted by Crippen LogP contribution is -2.26. The molecule has 2 aromatic rings. The van der Waals surface area contributed by atoms with Gasteiger partial charge in [-0.25, -0.2) is 4.39 Å². The van der Waals surface area contributed by atoms with Gasteiger partial charge in [-0.15, -0.1) is 0 Å². The summed E-state index contributed by atoms with van der Waals surface area (Å²) in [5, 5.41) is 1.05. The third kappa shape index (κ3) is 3.95. The molecule has 0 aromatic heterocycles. The summed E-state index contributed by atoms with van der Waals surface area (Å²) in [5.74, 6) is -0.324. The highest BCUT2D eigenvalue weighted by Gasteiger charge is 2.13. The first-order valence-electron chi connectivity index (χ1n) is 6.09. The van der Waals surface area contributed by atoms with Crippen molar-refractivity contribution in [1.82, 2.24) is 0 Å². The first-order valence-corrected chi connectivity index (χ1v) is 7.64. The molecule has 0 heterocycles. The molecule has 5 heteroatoms. The van der Waals surface area contributed by atoms with E-state index < -0.39 is 0 Å². The van der Waals surface area contributed by atoms with Gasteiger partial charge in [-0.1, -0.05) is 51.3 Å². The van der Waals surface area contributed by atoms with E-state index in [9.17, 15) is 4.39 Å². The maximum atomic E-state index is 13.7. The van der Waals surface area contributed by atoms with Crippen LogP contribution < -0.4 is 5.73 Å². The van der Waals surface area contributed by atoms with E-state index >= 15 is 0 Å². The van der Waals surface area contributed by atoms with E-state index in [1.165, 1.54) is 6.07 Å². The SMILES string of the molecule is NC(Cc1ccc(Br)cc1Cl)Cc1c(F)cccc1Cl. The number of hydrogen-bond donors (Lipinski definition) is 1. The van der Waals surface area contributed by atoms with Gasteiger partial charge >= 0.3 is 0 Å². The minimum atomic E-state index is -0.324. The molecule has 0 amide bonds.